The molecule has 0 aromatic heterocycles. The molecule has 0 saturated carbocycles. The van der Waals surface area contributed by atoms with E-state index in [-0.39, 0.29) is 0 Å². The number of hydrogen-bond donors (Lipinski definition) is 1. The van der Waals surface area contributed by atoms with Gasteiger partial charge in [-0.1, -0.05) is 31.5 Å². The van der Waals surface area contributed by atoms with Crippen LogP contribution in [-0.4, -0.2) is 12.6 Å². The van der Waals surface area contributed by atoms with Crippen LogP contribution in [0.5, 0.6) is 0 Å². The van der Waals surface area contributed by atoms with E-state index in [1.54, 1.807) is 0 Å². The van der Waals surface area contributed by atoms with E-state index in [2.05, 4.69) is 32.2 Å². The lowest BCUT2D eigenvalue weighted by atomic mass is 10.0. The summed E-state index contributed by atoms with van der Waals surface area (Å²) in [7, 11) is 0. The van der Waals surface area contributed by atoms with Gasteiger partial charge >= 0.3 is 0 Å². The lowest BCUT2D eigenvalue weighted by Gasteiger charge is -2.09. The van der Waals surface area contributed by atoms with Crippen molar-refractivity contribution in [3.8, 4) is 0 Å². The minimum absolute atomic E-state index is 0.595. The fraction of sp³-hybridized carbons (Fsp3) is 0.571. The summed E-state index contributed by atoms with van der Waals surface area (Å²) >= 11 is 5.93. The van der Waals surface area contributed by atoms with Gasteiger partial charge in [0.1, 0.15) is 0 Å². The van der Waals surface area contributed by atoms with Crippen LogP contribution in [0.3, 0.4) is 0 Å². The fourth-order valence-electron chi connectivity index (χ4n) is 1.77. The first kappa shape index (κ1) is 13.5. The van der Waals surface area contributed by atoms with E-state index >= 15 is 0 Å². The second kappa shape index (κ2) is 6.93. The molecular formula is C14H22ClN. The first-order valence-electron chi connectivity index (χ1n) is 6.08. The van der Waals surface area contributed by atoms with Crippen LogP contribution in [0.1, 0.15) is 37.8 Å². The molecule has 90 valence electrons. The SMILES string of the molecule is Cc1cc(Cl)ccc1CCCCNC(C)C. The third-order valence-electron chi connectivity index (χ3n) is 2.73. The van der Waals surface area contributed by atoms with Gasteiger partial charge in [-0.05, 0) is 56.0 Å². The highest BCUT2D eigenvalue weighted by Gasteiger charge is 1.99. The number of rotatable bonds is 6. The molecule has 2 heteroatoms. The Balaban J connectivity index is 2.27. The molecule has 1 rings (SSSR count). The fourth-order valence-corrected chi connectivity index (χ4v) is 2.00. The average Bonchev–Trinajstić information content (AvgIpc) is 2.20. The second-order valence-electron chi connectivity index (χ2n) is 4.64. The molecule has 0 radical (unpaired) electrons. The van der Waals surface area contributed by atoms with Gasteiger partial charge < -0.3 is 5.32 Å². The number of nitrogens with one attached hydrogen (secondary N) is 1. The average molecular weight is 240 g/mol. The van der Waals surface area contributed by atoms with Crippen molar-refractivity contribution in [2.45, 2.75) is 46.1 Å². The highest BCUT2D eigenvalue weighted by atomic mass is 35.5. The van der Waals surface area contributed by atoms with Crippen molar-refractivity contribution < 1.29 is 0 Å². The van der Waals surface area contributed by atoms with Crippen LogP contribution in [0, 0.1) is 6.92 Å². The lowest BCUT2D eigenvalue weighted by Crippen LogP contribution is -2.23. The van der Waals surface area contributed by atoms with Crippen LogP contribution < -0.4 is 5.32 Å². The minimum atomic E-state index is 0.595. The van der Waals surface area contributed by atoms with Crippen molar-refractivity contribution in [3.05, 3.63) is 34.3 Å². The summed E-state index contributed by atoms with van der Waals surface area (Å²) in [5.74, 6) is 0. The van der Waals surface area contributed by atoms with Crippen LogP contribution in [0.15, 0.2) is 18.2 Å². The van der Waals surface area contributed by atoms with E-state index in [9.17, 15) is 0 Å². The normalized spacial score (nSPS) is 11.1. The van der Waals surface area contributed by atoms with Gasteiger partial charge in [-0.3, -0.25) is 0 Å². The quantitative estimate of drug-likeness (QED) is 0.741. The molecule has 1 nitrogen and oxygen atoms in total. The molecule has 1 N–H and O–H groups in total. The molecule has 0 spiro atoms. The van der Waals surface area contributed by atoms with Crippen molar-refractivity contribution in [2.24, 2.45) is 0 Å². The maximum atomic E-state index is 5.93. The van der Waals surface area contributed by atoms with Crippen molar-refractivity contribution >= 4 is 11.6 Å². The van der Waals surface area contributed by atoms with Gasteiger partial charge in [-0.15, -0.1) is 0 Å². The third kappa shape index (κ3) is 5.00. The Morgan fingerprint density at radius 1 is 1.25 bits per heavy atom. The first-order chi connectivity index (χ1) is 7.59. The Labute approximate surface area is 104 Å². The van der Waals surface area contributed by atoms with E-state index < -0.39 is 0 Å². The van der Waals surface area contributed by atoms with E-state index in [0.29, 0.717) is 6.04 Å². The lowest BCUT2D eigenvalue weighted by molar-refractivity contribution is 0.557. The molecule has 0 saturated heterocycles. The largest absolute Gasteiger partial charge is 0.315 e. The van der Waals surface area contributed by atoms with Gasteiger partial charge in [0.25, 0.3) is 0 Å². The summed E-state index contributed by atoms with van der Waals surface area (Å²) < 4.78 is 0. The molecule has 1 aromatic rings. The molecule has 0 aliphatic rings. The Bertz CT molecular complexity index is 321. The monoisotopic (exact) mass is 239 g/mol. The molecule has 0 aliphatic heterocycles. The van der Waals surface area contributed by atoms with Crippen LogP contribution >= 0.6 is 11.6 Å². The van der Waals surface area contributed by atoms with Crippen LogP contribution in [0.2, 0.25) is 5.02 Å². The Morgan fingerprint density at radius 2 is 2.00 bits per heavy atom. The molecule has 16 heavy (non-hydrogen) atoms. The van der Waals surface area contributed by atoms with Gasteiger partial charge in [0, 0.05) is 11.1 Å². The summed E-state index contributed by atoms with van der Waals surface area (Å²) in [5.41, 5.74) is 2.73. The van der Waals surface area contributed by atoms with Gasteiger partial charge in [0.05, 0.1) is 0 Å². The summed E-state index contributed by atoms with van der Waals surface area (Å²) in [6.07, 6.45) is 3.63. The first-order valence-corrected chi connectivity index (χ1v) is 6.46. The number of halogens is 1. The second-order valence-corrected chi connectivity index (χ2v) is 5.07. The van der Waals surface area contributed by atoms with Crippen molar-refractivity contribution in [1.29, 1.82) is 0 Å². The maximum Gasteiger partial charge on any atom is 0.0408 e. The summed E-state index contributed by atoms with van der Waals surface area (Å²) in [4.78, 5) is 0. The number of aryl methyl sites for hydroxylation is 2. The maximum absolute atomic E-state index is 5.93. The predicted molar refractivity (Wildman–Crippen MR) is 72.3 cm³/mol. The van der Waals surface area contributed by atoms with Gasteiger partial charge in [-0.25, -0.2) is 0 Å². The van der Waals surface area contributed by atoms with Crippen molar-refractivity contribution in [3.63, 3.8) is 0 Å². The van der Waals surface area contributed by atoms with Gasteiger partial charge in [0.2, 0.25) is 0 Å². The Hall–Kier alpha value is -0.530. The van der Waals surface area contributed by atoms with Gasteiger partial charge in [0.15, 0.2) is 0 Å². The smallest absolute Gasteiger partial charge is 0.0408 e. The van der Waals surface area contributed by atoms with Crippen LogP contribution in [0.4, 0.5) is 0 Å². The molecule has 1 aromatic carbocycles. The van der Waals surface area contributed by atoms with E-state index in [4.69, 9.17) is 11.6 Å². The highest BCUT2D eigenvalue weighted by molar-refractivity contribution is 6.30. The van der Waals surface area contributed by atoms with Crippen LogP contribution in [0.25, 0.3) is 0 Å². The third-order valence-corrected chi connectivity index (χ3v) is 2.97. The van der Waals surface area contributed by atoms with Crippen LogP contribution in [-0.2, 0) is 6.42 Å². The molecule has 0 bridgehead atoms. The van der Waals surface area contributed by atoms with Crippen molar-refractivity contribution in [2.75, 3.05) is 6.54 Å². The Kier molecular flexibility index (Phi) is 5.86. The minimum Gasteiger partial charge on any atom is -0.315 e. The molecular weight excluding hydrogens is 218 g/mol. The zero-order valence-corrected chi connectivity index (χ0v) is 11.3. The number of unbranched alkanes of at least 4 members (excludes halogenated alkanes) is 1. The van der Waals surface area contributed by atoms with Gasteiger partial charge in [-0.2, -0.15) is 0 Å². The summed E-state index contributed by atoms with van der Waals surface area (Å²) in [5, 5.41) is 4.27. The Morgan fingerprint density at radius 3 is 2.62 bits per heavy atom. The molecule has 0 atom stereocenters. The van der Waals surface area contributed by atoms with E-state index in [0.717, 1.165) is 18.0 Å². The number of benzene rings is 1. The summed E-state index contributed by atoms with van der Waals surface area (Å²) in [6, 6.07) is 6.77. The standard InChI is InChI=1S/C14H22ClN/c1-11(2)16-9-5-4-6-13-7-8-14(15)10-12(13)3/h7-8,10-11,16H,4-6,9H2,1-3H3. The molecule has 0 aliphatic carbocycles. The predicted octanol–water partition coefficient (Wildman–Crippen LogP) is 3.97. The molecule has 0 heterocycles. The van der Waals surface area contributed by atoms with Crippen molar-refractivity contribution in [1.82, 2.24) is 5.32 Å². The topological polar surface area (TPSA) is 12.0 Å². The van der Waals surface area contributed by atoms with E-state index in [1.807, 2.05) is 12.1 Å². The molecule has 0 unspecified atom stereocenters. The highest BCUT2D eigenvalue weighted by Crippen LogP contribution is 2.16. The molecule has 0 fully saturated rings. The number of hydrogen-bond acceptors (Lipinski definition) is 1. The zero-order chi connectivity index (χ0) is 12.0. The zero-order valence-electron chi connectivity index (χ0n) is 10.5. The molecule has 0 amide bonds. The summed E-state index contributed by atoms with van der Waals surface area (Å²) in [6.45, 7) is 7.62. The van der Waals surface area contributed by atoms with E-state index in [1.165, 1.54) is 24.0 Å².